The molecule has 1 atom stereocenters. The Bertz CT molecular complexity index is 586. The zero-order chi connectivity index (χ0) is 12.7. The maximum atomic E-state index is 6.29. The molecule has 1 aliphatic rings. The summed E-state index contributed by atoms with van der Waals surface area (Å²) in [5.74, 6) is 1.72. The van der Waals surface area contributed by atoms with Gasteiger partial charge in [0.15, 0.2) is 5.15 Å². The third-order valence-corrected chi connectivity index (χ3v) is 3.99. The third kappa shape index (κ3) is 1.95. The molecule has 18 heavy (non-hydrogen) atoms. The van der Waals surface area contributed by atoms with Crippen LogP contribution in [0.3, 0.4) is 0 Å². The van der Waals surface area contributed by atoms with E-state index in [0.29, 0.717) is 11.1 Å². The van der Waals surface area contributed by atoms with Crippen molar-refractivity contribution in [2.45, 2.75) is 33.2 Å². The average Bonchev–Trinajstić information content (AvgIpc) is 2.67. The highest BCUT2D eigenvalue weighted by molar-refractivity contribution is 6.30. The van der Waals surface area contributed by atoms with Gasteiger partial charge in [-0.05, 0) is 31.7 Å². The molecule has 1 aliphatic heterocycles. The Morgan fingerprint density at radius 2 is 2.22 bits per heavy atom. The van der Waals surface area contributed by atoms with Crippen LogP contribution in [0, 0.1) is 12.8 Å². The van der Waals surface area contributed by atoms with Gasteiger partial charge < -0.3 is 4.57 Å². The summed E-state index contributed by atoms with van der Waals surface area (Å²) in [6.07, 6.45) is 2.25. The van der Waals surface area contributed by atoms with Crippen molar-refractivity contribution < 1.29 is 0 Å². The minimum atomic E-state index is 0.679. The molecule has 0 bridgehead atoms. The molecule has 1 aromatic carbocycles. The zero-order valence-electron chi connectivity index (χ0n) is 10.8. The maximum absolute atomic E-state index is 6.29. The highest BCUT2D eigenvalue weighted by atomic mass is 35.5. The van der Waals surface area contributed by atoms with E-state index in [4.69, 9.17) is 11.6 Å². The summed E-state index contributed by atoms with van der Waals surface area (Å²) in [7, 11) is 0. The van der Waals surface area contributed by atoms with Crippen molar-refractivity contribution in [1.29, 1.82) is 0 Å². The van der Waals surface area contributed by atoms with E-state index < -0.39 is 0 Å². The Kier molecular flexibility index (Phi) is 2.90. The molecule has 0 amide bonds. The number of aromatic nitrogens is 2. The SMILES string of the molecule is Cc1cccc(-c2nc(Cl)c3n2CCC(C)C3)c1. The molecule has 0 aliphatic carbocycles. The topological polar surface area (TPSA) is 17.8 Å². The fourth-order valence-electron chi connectivity index (χ4n) is 2.68. The number of hydrogen-bond donors (Lipinski definition) is 0. The first kappa shape index (κ1) is 11.8. The van der Waals surface area contributed by atoms with Gasteiger partial charge in [0.25, 0.3) is 0 Å². The standard InChI is InChI=1S/C15H17ClN2/c1-10-4-3-5-12(8-10)15-17-14(16)13-9-11(2)6-7-18(13)15/h3-5,8,11H,6-7,9H2,1-2H3. The van der Waals surface area contributed by atoms with E-state index in [1.165, 1.54) is 17.7 Å². The van der Waals surface area contributed by atoms with Gasteiger partial charge in [0.1, 0.15) is 5.82 Å². The monoisotopic (exact) mass is 260 g/mol. The van der Waals surface area contributed by atoms with Crippen LogP contribution in [0.1, 0.15) is 24.6 Å². The van der Waals surface area contributed by atoms with Gasteiger partial charge in [-0.3, -0.25) is 0 Å². The molecule has 0 N–H and O–H groups in total. The molecule has 0 spiro atoms. The normalized spacial score (nSPS) is 18.7. The fourth-order valence-corrected chi connectivity index (χ4v) is 2.94. The van der Waals surface area contributed by atoms with Crippen LogP contribution >= 0.6 is 11.6 Å². The van der Waals surface area contributed by atoms with Crippen molar-refractivity contribution in [2.75, 3.05) is 0 Å². The van der Waals surface area contributed by atoms with E-state index in [1.54, 1.807) is 0 Å². The van der Waals surface area contributed by atoms with E-state index in [1.807, 2.05) is 0 Å². The molecular formula is C15H17ClN2. The second-order valence-corrected chi connectivity index (χ2v) is 5.65. The lowest BCUT2D eigenvalue weighted by molar-refractivity contribution is 0.419. The van der Waals surface area contributed by atoms with E-state index in [-0.39, 0.29) is 0 Å². The minimum Gasteiger partial charge on any atom is -0.327 e. The second kappa shape index (κ2) is 4.43. The summed E-state index contributed by atoms with van der Waals surface area (Å²) in [5.41, 5.74) is 3.62. The van der Waals surface area contributed by atoms with E-state index in [9.17, 15) is 0 Å². The fraction of sp³-hybridized carbons (Fsp3) is 0.400. The molecule has 0 saturated carbocycles. The predicted octanol–water partition coefficient (Wildman–Crippen LogP) is 4.09. The van der Waals surface area contributed by atoms with Gasteiger partial charge in [0.2, 0.25) is 0 Å². The van der Waals surface area contributed by atoms with Gasteiger partial charge in [-0.2, -0.15) is 0 Å². The molecule has 2 heterocycles. The van der Waals surface area contributed by atoms with Crippen molar-refractivity contribution in [3.05, 3.63) is 40.7 Å². The number of benzene rings is 1. The molecule has 0 saturated heterocycles. The first-order valence-electron chi connectivity index (χ1n) is 6.47. The summed E-state index contributed by atoms with van der Waals surface area (Å²) >= 11 is 6.29. The van der Waals surface area contributed by atoms with Gasteiger partial charge in [0, 0.05) is 12.1 Å². The van der Waals surface area contributed by atoms with E-state index in [2.05, 4.69) is 47.7 Å². The highest BCUT2D eigenvalue weighted by Gasteiger charge is 2.23. The van der Waals surface area contributed by atoms with Crippen LogP contribution in [-0.4, -0.2) is 9.55 Å². The molecule has 0 fully saturated rings. The number of fused-ring (bicyclic) bond motifs is 1. The Morgan fingerprint density at radius 3 is 3.00 bits per heavy atom. The number of rotatable bonds is 1. The summed E-state index contributed by atoms with van der Waals surface area (Å²) < 4.78 is 2.29. The second-order valence-electron chi connectivity index (χ2n) is 5.29. The van der Waals surface area contributed by atoms with Crippen LogP contribution < -0.4 is 0 Å². The lowest BCUT2D eigenvalue weighted by Crippen LogP contribution is -2.17. The number of imidazole rings is 1. The van der Waals surface area contributed by atoms with E-state index >= 15 is 0 Å². The average molecular weight is 261 g/mol. The molecule has 94 valence electrons. The summed E-state index contributed by atoms with van der Waals surface area (Å²) in [6, 6.07) is 8.46. The van der Waals surface area contributed by atoms with Crippen molar-refractivity contribution in [2.24, 2.45) is 5.92 Å². The molecule has 2 aromatic rings. The van der Waals surface area contributed by atoms with Crippen LogP contribution in [0.15, 0.2) is 24.3 Å². The summed E-state index contributed by atoms with van der Waals surface area (Å²) in [6.45, 7) is 5.41. The predicted molar refractivity (Wildman–Crippen MR) is 74.9 cm³/mol. The first-order valence-corrected chi connectivity index (χ1v) is 6.85. The minimum absolute atomic E-state index is 0.679. The Balaban J connectivity index is 2.11. The smallest absolute Gasteiger partial charge is 0.150 e. The first-order chi connectivity index (χ1) is 8.65. The molecule has 2 nitrogen and oxygen atoms in total. The van der Waals surface area contributed by atoms with Gasteiger partial charge in [-0.1, -0.05) is 42.3 Å². The van der Waals surface area contributed by atoms with Crippen LogP contribution in [0.2, 0.25) is 5.15 Å². The largest absolute Gasteiger partial charge is 0.327 e. The summed E-state index contributed by atoms with van der Waals surface area (Å²) in [5, 5.41) is 0.679. The molecule has 0 radical (unpaired) electrons. The summed E-state index contributed by atoms with van der Waals surface area (Å²) in [4.78, 5) is 4.57. The van der Waals surface area contributed by atoms with Crippen LogP contribution in [0.5, 0.6) is 0 Å². The molecule has 3 rings (SSSR count). The van der Waals surface area contributed by atoms with Crippen molar-refractivity contribution >= 4 is 11.6 Å². The molecular weight excluding hydrogens is 244 g/mol. The molecule has 3 heteroatoms. The Hall–Kier alpha value is -1.28. The molecule has 1 aromatic heterocycles. The lowest BCUT2D eigenvalue weighted by atomic mass is 9.98. The number of halogens is 1. The van der Waals surface area contributed by atoms with Crippen LogP contribution in [0.25, 0.3) is 11.4 Å². The van der Waals surface area contributed by atoms with Gasteiger partial charge in [-0.25, -0.2) is 4.98 Å². The van der Waals surface area contributed by atoms with Crippen LogP contribution in [-0.2, 0) is 13.0 Å². The zero-order valence-corrected chi connectivity index (χ0v) is 11.5. The van der Waals surface area contributed by atoms with Gasteiger partial charge >= 0.3 is 0 Å². The van der Waals surface area contributed by atoms with Crippen LogP contribution in [0.4, 0.5) is 0 Å². The highest BCUT2D eigenvalue weighted by Crippen LogP contribution is 2.32. The number of nitrogens with zero attached hydrogens (tertiary/aromatic N) is 2. The van der Waals surface area contributed by atoms with Crippen molar-refractivity contribution in [1.82, 2.24) is 9.55 Å². The Labute approximate surface area is 113 Å². The van der Waals surface area contributed by atoms with E-state index in [0.717, 1.165) is 24.4 Å². The quantitative estimate of drug-likeness (QED) is 0.755. The maximum Gasteiger partial charge on any atom is 0.150 e. The lowest BCUT2D eigenvalue weighted by Gasteiger charge is -2.22. The molecule has 1 unspecified atom stereocenters. The van der Waals surface area contributed by atoms with Crippen molar-refractivity contribution in [3.8, 4) is 11.4 Å². The number of hydrogen-bond acceptors (Lipinski definition) is 1. The third-order valence-electron chi connectivity index (χ3n) is 3.69. The van der Waals surface area contributed by atoms with Crippen molar-refractivity contribution in [3.63, 3.8) is 0 Å². The Morgan fingerprint density at radius 1 is 1.39 bits per heavy atom. The van der Waals surface area contributed by atoms with Gasteiger partial charge in [-0.15, -0.1) is 0 Å². The number of aryl methyl sites for hydroxylation is 1. The van der Waals surface area contributed by atoms with Gasteiger partial charge in [0.05, 0.1) is 5.69 Å².